The van der Waals surface area contributed by atoms with Crippen molar-refractivity contribution in [3.63, 3.8) is 0 Å². The van der Waals surface area contributed by atoms with Gasteiger partial charge >= 0.3 is 0 Å². The number of ether oxygens (including phenoxy) is 3. The maximum atomic E-state index is 15.0. The van der Waals surface area contributed by atoms with Gasteiger partial charge in [0.2, 0.25) is 5.88 Å². The number of rotatable bonds is 12. The van der Waals surface area contributed by atoms with E-state index in [1.165, 1.54) is 29.3 Å². The van der Waals surface area contributed by atoms with E-state index in [1.54, 1.807) is 12.3 Å². The van der Waals surface area contributed by atoms with Crippen molar-refractivity contribution < 1.29 is 46.2 Å². The van der Waals surface area contributed by atoms with Crippen molar-refractivity contribution in [1.29, 1.82) is 0 Å². The number of aromatic amines is 1. The van der Waals surface area contributed by atoms with Gasteiger partial charge in [-0.1, -0.05) is 24.3 Å². The number of carbonyl (C=O) groups excluding carboxylic acids is 1. The van der Waals surface area contributed by atoms with Gasteiger partial charge in [0.15, 0.2) is 11.6 Å². The second-order valence-electron chi connectivity index (χ2n) is 24.2. The minimum Gasteiger partial charge on any atom is -0.490 e. The van der Waals surface area contributed by atoms with Crippen LogP contribution in [0.25, 0.3) is 11.0 Å². The number of aromatic nitrogens is 2. The average Bonchev–Trinajstić information content (AvgIpc) is 3.19. The molecular formula is C61H69F2N9O9S. The van der Waals surface area contributed by atoms with Crippen molar-refractivity contribution in [3.8, 4) is 11.6 Å². The third kappa shape index (κ3) is 10.3. The summed E-state index contributed by atoms with van der Waals surface area (Å²) in [5, 5.41) is 26.8. The summed E-state index contributed by atoms with van der Waals surface area (Å²) in [7, 11) is -4.66. The van der Waals surface area contributed by atoms with Crippen LogP contribution in [-0.2, 0) is 14.8 Å². The van der Waals surface area contributed by atoms with E-state index in [4.69, 9.17) is 19.2 Å². The number of piperidine rings is 1. The number of pyridine rings is 1. The molecule has 5 fully saturated rings. The zero-order chi connectivity index (χ0) is 56.7. The number of anilines is 4. The number of halogens is 2. The number of sulfonamides is 1. The molecule has 4 atom stereocenters. The summed E-state index contributed by atoms with van der Waals surface area (Å²) in [5.74, 6) is -1.49. The first-order valence-electron chi connectivity index (χ1n) is 28.9. The van der Waals surface area contributed by atoms with E-state index in [0.29, 0.717) is 79.9 Å². The Balaban J connectivity index is 0.757. The van der Waals surface area contributed by atoms with Crippen LogP contribution in [-0.4, -0.2) is 127 Å². The normalized spacial score (nSPS) is 25.7. The van der Waals surface area contributed by atoms with Crippen LogP contribution in [0.5, 0.6) is 11.6 Å². The van der Waals surface area contributed by atoms with E-state index in [0.717, 1.165) is 94.5 Å². The quantitative estimate of drug-likeness (QED) is 0.0664. The molecule has 82 heavy (non-hydrogen) atoms. The molecular weight excluding hydrogens is 1070 g/mol. The number of nitro benzene ring substituents is 1. The molecule has 3 saturated heterocycles. The van der Waals surface area contributed by atoms with Crippen molar-refractivity contribution in [3.05, 3.63) is 135 Å². The highest BCUT2D eigenvalue weighted by Crippen LogP contribution is 2.54. The minimum absolute atomic E-state index is 0.0813. The Bertz CT molecular complexity index is 3560. The molecule has 1 spiro atoms. The largest absolute Gasteiger partial charge is 0.490 e. The van der Waals surface area contributed by atoms with Gasteiger partial charge in [0.1, 0.15) is 28.9 Å². The molecule has 2 aromatic heterocycles. The number of hydrogen-bond donors (Lipinski definition) is 4. The fourth-order valence-electron chi connectivity index (χ4n) is 14.4. The van der Waals surface area contributed by atoms with Gasteiger partial charge in [-0.2, -0.15) is 4.98 Å². The first kappa shape index (κ1) is 54.3. The molecule has 7 heterocycles. The van der Waals surface area contributed by atoms with Crippen LogP contribution in [0, 0.1) is 40.0 Å². The van der Waals surface area contributed by atoms with E-state index < -0.39 is 54.8 Å². The maximum absolute atomic E-state index is 15.0. The minimum atomic E-state index is -4.66. The van der Waals surface area contributed by atoms with Gasteiger partial charge in [0, 0.05) is 105 Å². The third-order valence-corrected chi connectivity index (χ3v) is 20.4. The van der Waals surface area contributed by atoms with E-state index in [9.17, 15) is 37.2 Å². The van der Waals surface area contributed by atoms with Gasteiger partial charge in [-0.15, -0.1) is 0 Å². The number of H-pyrrole nitrogens is 1. The lowest BCUT2D eigenvalue weighted by Crippen LogP contribution is -2.60. The highest BCUT2D eigenvalue weighted by Gasteiger charge is 2.51. The second-order valence-corrected chi connectivity index (χ2v) is 25.9. The van der Waals surface area contributed by atoms with Crippen LogP contribution in [0.4, 0.5) is 37.2 Å². The van der Waals surface area contributed by atoms with Gasteiger partial charge in [0.25, 0.3) is 21.6 Å². The van der Waals surface area contributed by atoms with E-state index in [-0.39, 0.29) is 53.1 Å². The molecule has 7 aliphatic rings. The van der Waals surface area contributed by atoms with Crippen molar-refractivity contribution in [2.24, 2.45) is 11.3 Å². The third-order valence-electron chi connectivity index (χ3n) is 19.0. The molecule has 1 amide bonds. The summed E-state index contributed by atoms with van der Waals surface area (Å²) in [6.45, 7) is 9.29. The highest BCUT2D eigenvalue weighted by atomic mass is 32.2. The van der Waals surface area contributed by atoms with Crippen molar-refractivity contribution in [2.75, 3.05) is 74.2 Å². The number of carbonyl (C=O) groups is 1. The Morgan fingerprint density at radius 1 is 0.902 bits per heavy atom. The molecule has 5 aliphatic heterocycles. The van der Waals surface area contributed by atoms with Crippen LogP contribution >= 0.6 is 0 Å². The van der Waals surface area contributed by atoms with Crippen LogP contribution in [0.2, 0.25) is 0 Å². The van der Waals surface area contributed by atoms with Crippen molar-refractivity contribution in [1.82, 2.24) is 24.5 Å². The first-order valence-corrected chi connectivity index (χ1v) is 30.4. The summed E-state index contributed by atoms with van der Waals surface area (Å²) >= 11 is 0. The monoisotopic (exact) mass is 1140 g/mol. The van der Waals surface area contributed by atoms with Crippen molar-refractivity contribution >= 4 is 55.4 Å². The lowest BCUT2D eigenvalue weighted by atomic mass is 9.59. The molecule has 432 valence electrons. The average molecular weight is 1140 g/mol. The molecule has 13 rings (SSSR count). The molecule has 2 aliphatic carbocycles. The predicted octanol–water partition coefficient (Wildman–Crippen LogP) is 9.85. The predicted molar refractivity (Wildman–Crippen MR) is 305 cm³/mol. The summed E-state index contributed by atoms with van der Waals surface area (Å²) < 4.78 is 78.7. The SMILES string of the molecule is Cc1ccccc1[C@@H]1CN([C@H]2CCOc3c(F)cc(F)cc32)CCN1C1CC2(CCN(c3ccc(C(=O)NS(=O)(=O)c4ccc(NCC5CCC(C)(O)CC5)c([N+](=O)[O-])c4)c(N4c5cc6cc[nH]c6nc5O[C@H]5COCC[C@@H]54)c3)CC2)C1. The number of fused-ring (bicyclic) bond motifs is 4. The fraction of sp³-hybridized carbons (Fsp3) is 0.475. The fourth-order valence-corrected chi connectivity index (χ4v) is 15.4. The van der Waals surface area contributed by atoms with Gasteiger partial charge in [0.05, 0.1) is 45.9 Å². The summed E-state index contributed by atoms with van der Waals surface area (Å²) in [6, 6.07) is 23.8. The van der Waals surface area contributed by atoms with Crippen LogP contribution < -0.4 is 29.3 Å². The standard InChI is InChI=1S/C61H69F2N9O9S/c1-37-5-3-4-6-44(37)54-35-69(49-15-26-80-56-46(49)28-40(62)29-47(56)63)23-24-70(54)42-32-61(33-42)18-21-68(22-19-61)41-7-9-45(51(30-41)71-50-14-25-79-36-55(50)81-59-53(71)27-39-13-20-64-57(39)66-59)58(73)67-82(77,78)43-8-10-48(52(31-43)72(75)76)65-34-38-11-16-60(2,74)17-12-38/h3-10,13,20,27-31,38,42,49-50,54-55,65,74H,11-12,14-19,21-26,32-36H2,1-2H3,(H,64,66)(H,67,73)/t38?,49-,50-,54-,55-,60?/m0/s1. The summed E-state index contributed by atoms with van der Waals surface area (Å²) in [5.41, 5.74) is 4.83. The van der Waals surface area contributed by atoms with E-state index >= 15 is 0 Å². The van der Waals surface area contributed by atoms with E-state index in [1.807, 2.05) is 31.2 Å². The van der Waals surface area contributed by atoms with Gasteiger partial charge < -0.3 is 39.4 Å². The number of nitrogens with one attached hydrogen (secondary N) is 3. The number of nitro groups is 1. The molecule has 0 bridgehead atoms. The summed E-state index contributed by atoms with van der Waals surface area (Å²) in [6.07, 6.45) is 9.24. The zero-order valence-corrected chi connectivity index (χ0v) is 46.9. The Morgan fingerprint density at radius 3 is 2.50 bits per heavy atom. The van der Waals surface area contributed by atoms with Gasteiger partial charge in [-0.05, 0) is 143 Å². The Morgan fingerprint density at radius 2 is 1.71 bits per heavy atom. The molecule has 4 N–H and O–H groups in total. The number of piperazine rings is 1. The smallest absolute Gasteiger partial charge is 0.293 e. The topological polar surface area (TPSA) is 208 Å². The van der Waals surface area contributed by atoms with E-state index in [2.05, 4.69) is 65.8 Å². The number of aliphatic hydroxyl groups is 1. The number of aryl methyl sites for hydroxylation is 1. The van der Waals surface area contributed by atoms with Crippen LogP contribution in [0.15, 0.2) is 96.0 Å². The number of benzene rings is 4. The van der Waals surface area contributed by atoms with Gasteiger partial charge in [-0.25, -0.2) is 21.9 Å². The molecule has 4 aromatic carbocycles. The molecule has 18 nitrogen and oxygen atoms in total. The zero-order valence-electron chi connectivity index (χ0n) is 46.1. The molecule has 6 aromatic rings. The lowest BCUT2D eigenvalue weighted by Gasteiger charge is -2.59. The molecule has 0 unspecified atom stereocenters. The lowest BCUT2D eigenvalue weighted by molar-refractivity contribution is -0.384. The summed E-state index contributed by atoms with van der Waals surface area (Å²) in [4.78, 5) is 43.7. The van der Waals surface area contributed by atoms with Crippen LogP contribution in [0.1, 0.15) is 110 Å². The van der Waals surface area contributed by atoms with Crippen molar-refractivity contribution in [2.45, 2.75) is 119 Å². The number of nitrogens with zero attached hydrogens (tertiary/aromatic N) is 6. The number of hydrogen-bond acceptors (Lipinski definition) is 15. The molecule has 0 radical (unpaired) electrons. The molecule has 2 saturated carbocycles. The molecule has 21 heteroatoms. The highest BCUT2D eigenvalue weighted by molar-refractivity contribution is 7.90. The maximum Gasteiger partial charge on any atom is 0.293 e. The Hall–Kier alpha value is -6.91. The van der Waals surface area contributed by atoms with Crippen LogP contribution in [0.3, 0.4) is 0 Å². The number of amides is 1. The van der Waals surface area contributed by atoms with Gasteiger partial charge in [-0.3, -0.25) is 24.7 Å². The second kappa shape index (κ2) is 21.4. The first-order chi connectivity index (χ1) is 39.5. The Kier molecular flexibility index (Phi) is 14.2. The Labute approximate surface area is 475 Å².